The molecule has 0 radical (unpaired) electrons. The van der Waals surface area contributed by atoms with Crippen LogP contribution in [0.2, 0.25) is 0 Å². The maximum Gasteiger partial charge on any atom is 0.246 e. The molecule has 4 aromatic rings. The van der Waals surface area contributed by atoms with Crippen molar-refractivity contribution in [1.29, 1.82) is 0 Å². The molecule has 6 rings (SSSR count). The number of benzene rings is 2. The van der Waals surface area contributed by atoms with E-state index < -0.39 is 0 Å². The zero-order chi connectivity index (χ0) is 27.3. The van der Waals surface area contributed by atoms with E-state index in [0.29, 0.717) is 29.1 Å². The highest BCUT2D eigenvalue weighted by atomic mass is 16.5. The molecule has 10 heteroatoms. The number of para-hydroxylation sites is 1. The van der Waals surface area contributed by atoms with Gasteiger partial charge in [-0.15, -0.1) is 0 Å². The summed E-state index contributed by atoms with van der Waals surface area (Å²) in [4.78, 5) is 26.0. The molecule has 4 heterocycles. The van der Waals surface area contributed by atoms with Crippen LogP contribution >= 0.6 is 0 Å². The molecule has 2 N–H and O–H groups in total. The Hall–Kier alpha value is -4.28. The van der Waals surface area contributed by atoms with E-state index in [1.54, 1.807) is 6.08 Å². The second-order valence-corrected chi connectivity index (χ2v) is 10.1. The number of hydrogen-bond donors (Lipinski definition) is 1. The van der Waals surface area contributed by atoms with Crippen LogP contribution in [0.4, 0.5) is 5.82 Å². The van der Waals surface area contributed by atoms with Crippen molar-refractivity contribution >= 4 is 22.8 Å². The number of carbonyl (C=O) groups is 1. The lowest BCUT2D eigenvalue weighted by Gasteiger charge is -2.32. The first kappa shape index (κ1) is 26.0. The number of nitrogens with two attached hydrogens (primary N) is 1. The summed E-state index contributed by atoms with van der Waals surface area (Å²) < 4.78 is 13.3. The van der Waals surface area contributed by atoms with Crippen LogP contribution in [0.25, 0.3) is 22.3 Å². The lowest BCUT2D eigenvalue weighted by molar-refractivity contribution is -0.127. The number of nitrogens with zero attached hydrogens (tertiary/aromatic N) is 6. The van der Waals surface area contributed by atoms with Gasteiger partial charge in [0, 0.05) is 44.4 Å². The third-order valence-electron chi connectivity index (χ3n) is 7.41. The molecule has 2 saturated heterocycles. The minimum atomic E-state index is -0.0171. The number of rotatable bonds is 7. The highest BCUT2D eigenvalue weighted by molar-refractivity contribution is 5.98. The van der Waals surface area contributed by atoms with Crippen molar-refractivity contribution in [1.82, 2.24) is 29.5 Å². The Kier molecular flexibility index (Phi) is 7.69. The number of likely N-dealkylation sites (tertiary alicyclic amines) is 1. The molecule has 10 nitrogen and oxygen atoms in total. The molecule has 0 saturated carbocycles. The van der Waals surface area contributed by atoms with E-state index in [0.717, 1.165) is 69.3 Å². The van der Waals surface area contributed by atoms with Crippen molar-refractivity contribution in [2.24, 2.45) is 0 Å². The van der Waals surface area contributed by atoms with Gasteiger partial charge in [-0.3, -0.25) is 9.69 Å². The molecule has 0 spiro atoms. The SMILES string of the molecule is Nc1ncnc2c1c(-c1ccc(Oc3ccccc3)cc1)nn2[C@@H]1CCCN(C(=O)C=CCN2CCOCC2)C1. The molecule has 2 fully saturated rings. The fourth-order valence-corrected chi connectivity index (χ4v) is 5.30. The van der Waals surface area contributed by atoms with Crippen LogP contribution in [0, 0.1) is 0 Å². The van der Waals surface area contributed by atoms with Gasteiger partial charge in [0.25, 0.3) is 0 Å². The van der Waals surface area contributed by atoms with Gasteiger partial charge in [-0.05, 0) is 49.2 Å². The Bertz CT molecular complexity index is 1480. The van der Waals surface area contributed by atoms with Crippen LogP contribution in [0.1, 0.15) is 18.9 Å². The van der Waals surface area contributed by atoms with Crippen molar-refractivity contribution in [3.8, 4) is 22.8 Å². The zero-order valence-electron chi connectivity index (χ0n) is 22.4. The molecule has 2 aromatic heterocycles. The molecule has 2 aromatic carbocycles. The summed E-state index contributed by atoms with van der Waals surface area (Å²) in [6, 6.07) is 17.4. The summed E-state index contributed by atoms with van der Waals surface area (Å²) in [6.07, 6.45) is 6.90. The van der Waals surface area contributed by atoms with Gasteiger partial charge < -0.3 is 20.1 Å². The number of amides is 1. The first-order valence-corrected chi connectivity index (χ1v) is 13.7. The Morgan fingerprint density at radius 3 is 2.60 bits per heavy atom. The Labute approximate surface area is 233 Å². The Morgan fingerprint density at radius 2 is 1.80 bits per heavy atom. The number of morpholine rings is 1. The minimum absolute atomic E-state index is 0.0171. The van der Waals surface area contributed by atoms with E-state index in [-0.39, 0.29) is 11.9 Å². The third-order valence-corrected chi connectivity index (χ3v) is 7.41. The molecule has 0 unspecified atom stereocenters. The van der Waals surface area contributed by atoms with Crippen molar-refractivity contribution in [3.05, 3.63) is 73.1 Å². The van der Waals surface area contributed by atoms with E-state index >= 15 is 0 Å². The number of carbonyl (C=O) groups excluding carboxylic acids is 1. The molecule has 206 valence electrons. The predicted octanol–water partition coefficient (Wildman–Crippen LogP) is 3.92. The first-order valence-electron chi connectivity index (χ1n) is 13.7. The second-order valence-electron chi connectivity index (χ2n) is 10.1. The molecule has 1 amide bonds. The van der Waals surface area contributed by atoms with Gasteiger partial charge in [0.05, 0.1) is 24.6 Å². The average Bonchev–Trinajstić information content (AvgIpc) is 3.40. The number of hydrogen-bond acceptors (Lipinski definition) is 8. The second kappa shape index (κ2) is 11.8. The molecular formula is C30H33N7O3. The summed E-state index contributed by atoms with van der Waals surface area (Å²) in [5.74, 6) is 1.91. The number of ether oxygens (including phenoxy) is 2. The quantitative estimate of drug-likeness (QED) is 0.352. The molecule has 1 atom stereocenters. The van der Waals surface area contributed by atoms with Gasteiger partial charge in [0.15, 0.2) is 5.65 Å². The summed E-state index contributed by atoms with van der Waals surface area (Å²) in [7, 11) is 0. The summed E-state index contributed by atoms with van der Waals surface area (Å²) >= 11 is 0. The van der Waals surface area contributed by atoms with E-state index in [1.165, 1.54) is 6.33 Å². The van der Waals surface area contributed by atoms with Crippen LogP contribution in [0.5, 0.6) is 11.5 Å². The minimum Gasteiger partial charge on any atom is -0.457 e. The number of piperidine rings is 1. The normalized spacial score (nSPS) is 18.4. The van der Waals surface area contributed by atoms with E-state index in [2.05, 4.69) is 14.9 Å². The monoisotopic (exact) mass is 539 g/mol. The zero-order valence-corrected chi connectivity index (χ0v) is 22.4. The average molecular weight is 540 g/mol. The molecule has 0 aliphatic carbocycles. The van der Waals surface area contributed by atoms with Gasteiger partial charge in [-0.25, -0.2) is 14.6 Å². The number of anilines is 1. The number of fused-ring (bicyclic) bond motifs is 1. The smallest absolute Gasteiger partial charge is 0.246 e. The maximum atomic E-state index is 13.0. The highest BCUT2D eigenvalue weighted by Gasteiger charge is 2.28. The lowest BCUT2D eigenvalue weighted by Crippen LogP contribution is -2.40. The lowest BCUT2D eigenvalue weighted by atomic mass is 10.1. The number of aromatic nitrogens is 4. The van der Waals surface area contributed by atoms with Crippen molar-refractivity contribution in [2.75, 3.05) is 51.7 Å². The maximum absolute atomic E-state index is 13.0. The van der Waals surface area contributed by atoms with E-state index in [1.807, 2.05) is 70.3 Å². The van der Waals surface area contributed by atoms with Crippen molar-refractivity contribution < 1.29 is 14.3 Å². The van der Waals surface area contributed by atoms with Gasteiger partial charge >= 0.3 is 0 Å². The van der Waals surface area contributed by atoms with Crippen molar-refractivity contribution in [2.45, 2.75) is 18.9 Å². The van der Waals surface area contributed by atoms with Gasteiger partial charge in [-0.2, -0.15) is 5.10 Å². The van der Waals surface area contributed by atoms with Crippen LogP contribution in [0.15, 0.2) is 73.1 Å². The standard InChI is InChI=1S/C30H33N7O3/c31-29-27-28(22-10-12-25(13-11-22)40-24-7-2-1-3-8-24)34-37(30(27)33-21-32-29)23-6-4-15-36(20-23)26(38)9-5-14-35-16-18-39-19-17-35/h1-3,5,7-13,21,23H,4,6,14-20H2,(H2,31,32,33)/t23-/m1/s1. The largest absolute Gasteiger partial charge is 0.457 e. The predicted molar refractivity (Wildman–Crippen MR) is 153 cm³/mol. The molecule has 40 heavy (non-hydrogen) atoms. The topological polar surface area (TPSA) is 112 Å². The molecule has 0 bridgehead atoms. The van der Waals surface area contributed by atoms with Gasteiger partial charge in [-0.1, -0.05) is 24.3 Å². The summed E-state index contributed by atoms with van der Waals surface area (Å²) in [6.45, 7) is 5.32. The number of nitrogen functional groups attached to an aromatic ring is 1. The summed E-state index contributed by atoms with van der Waals surface area (Å²) in [5.41, 5.74) is 8.63. The molecule has 2 aliphatic heterocycles. The van der Waals surface area contributed by atoms with Gasteiger partial charge in [0.2, 0.25) is 5.91 Å². The van der Waals surface area contributed by atoms with Crippen LogP contribution in [0.3, 0.4) is 0 Å². The van der Waals surface area contributed by atoms with Crippen LogP contribution in [-0.2, 0) is 9.53 Å². The summed E-state index contributed by atoms with van der Waals surface area (Å²) in [5, 5.41) is 5.71. The van der Waals surface area contributed by atoms with Gasteiger partial charge in [0.1, 0.15) is 29.3 Å². The molecule has 2 aliphatic rings. The fraction of sp³-hybridized carbons (Fsp3) is 0.333. The molecular weight excluding hydrogens is 506 g/mol. The fourth-order valence-electron chi connectivity index (χ4n) is 5.30. The van der Waals surface area contributed by atoms with E-state index in [4.69, 9.17) is 20.3 Å². The van der Waals surface area contributed by atoms with E-state index in [9.17, 15) is 4.79 Å². The first-order chi connectivity index (χ1) is 19.7. The Morgan fingerprint density at radius 1 is 1.02 bits per heavy atom. The van der Waals surface area contributed by atoms with Crippen LogP contribution in [-0.4, -0.2) is 81.4 Å². The highest BCUT2D eigenvalue weighted by Crippen LogP contribution is 2.34. The Balaban J connectivity index is 1.21. The third kappa shape index (κ3) is 5.68. The van der Waals surface area contributed by atoms with Crippen LogP contribution < -0.4 is 10.5 Å². The van der Waals surface area contributed by atoms with Crippen molar-refractivity contribution in [3.63, 3.8) is 0 Å².